The van der Waals surface area contributed by atoms with Crippen LogP contribution >= 0.6 is 0 Å². The molecule has 2 saturated heterocycles. The van der Waals surface area contributed by atoms with Crippen LogP contribution in [0.4, 0.5) is 0 Å². The van der Waals surface area contributed by atoms with E-state index in [1.165, 1.54) is 11.1 Å². The summed E-state index contributed by atoms with van der Waals surface area (Å²) in [6.45, 7) is 12.5. The molecule has 0 amide bonds. The van der Waals surface area contributed by atoms with Gasteiger partial charge in [-0.3, -0.25) is 9.80 Å². The lowest BCUT2D eigenvalue weighted by molar-refractivity contribution is -0.0170. The van der Waals surface area contributed by atoms with Crippen LogP contribution in [0.3, 0.4) is 0 Å². The fourth-order valence-electron chi connectivity index (χ4n) is 4.78. The third kappa shape index (κ3) is 7.44. The van der Waals surface area contributed by atoms with Gasteiger partial charge in [-0.15, -0.1) is 0 Å². The molecule has 1 atom stereocenters. The molecule has 2 heterocycles. The Labute approximate surface area is 204 Å². The van der Waals surface area contributed by atoms with Crippen LogP contribution in [0.5, 0.6) is 11.5 Å². The van der Waals surface area contributed by atoms with Crippen molar-refractivity contribution in [2.75, 3.05) is 59.2 Å². The summed E-state index contributed by atoms with van der Waals surface area (Å²) in [4.78, 5) is 4.81. The van der Waals surface area contributed by atoms with Crippen LogP contribution in [0, 0.1) is 13.8 Å². The summed E-state index contributed by atoms with van der Waals surface area (Å²) in [5.41, 5.74) is 2.84. The van der Waals surface area contributed by atoms with E-state index in [0.29, 0.717) is 13.2 Å². The quantitative estimate of drug-likeness (QED) is 0.604. The fourth-order valence-corrected chi connectivity index (χ4v) is 4.78. The Balaban J connectivity index is 1.20. The normalized spacial score (nSPS) is 22.3. The van der Waals surface area contributed by atoms with Gasteiger partial charge in [0.25, 0.3) is 0 Å². The third-order valence-electron chi connectivity index (χ3n) is 6.95. The molecule has 0 radical (unpaired) electrons. The maximum absolute atomic E-state index is 11.2. The van der Waals surface area contributed by atoms with Crippen molar-refractivity contribution in [1.29, 1.82) is 0 Å². The van der Waals surface area contributed by atoms with Crippen LogP contribution in [0.2, 0.25) is 0 Å². The number of nitrogens with zero attached hydrogens (tertiary/aromatic N) is 2. The molecule has 4 rings (SSSR count). The first kappa shape index (κ1) is 25.0. The van der Waals surface area contributed by atoms with Crippen molar-refractivity contribution in [1.82, 2.24) is 9.80 Å². The second-order valence-corrected chi connectivity index (χ2v) is 9.86. The predicted molar refractivity (Wildman–Crippen MR) is 135 cm³/mol. The summed E-state index contributed by atoms with van der Waals surface area (Å²) in [6.07, 6.45) is 2.46. The SMILES string of the molecule is Cc1ccc(OC[C@]2(O)CCCN(Cc3ccc(OCCN4CCOCC4)cc3)CC2)c(C)c1. The molecular weight excluding hydrogens is 428 g/mol. The van der Waals surface area contributed by atoms with Crippen LogP contribution in [0.15, 0.2) is 42.5 Å². The van der Waals surface area contributed by atoms with E-state index in [1.807, 2.05) is 6.07 Å². The molecular formula is C28H40N2O4. The van der Waals surface area contributed by atoms with Gasteiger partial charge in [0.2, 0.25) is 0 Å². The molecule has 2 aliphatic rings. The number of benzene rings is 2. The lowest BCUT2D eigenvalue weighted by Crippen LogP contribution is -2.38. The van der Waals surface area contributed by atoms with Crippen LogP contribution in [0.1, 0.15) is 36.0 Å². The van der Waals surface area contributed by atoms with Gasteiger partial charge in [0.15, 0.2) is 0 Å². The van der Waals surface area contributed by atoms with Gasteiger partial charge in [0, 0.05) is 32.7 Å². The Morgan fingerprint density at radius 2 is 1.71 bits per heavy atom. The molecule has 186 valence electrons. The number of hydrogen-bond donors (Lipinski definition) is 1. The molecule has 0 spiro atoms. The number of hydrogen-bond acceptors (Lipinski definition) is 6. The van der Waals surface area contributed by atoms with Crippen molar-refractivity contribution >= 4 is 0 Å². The van der Waals surface area contributed by atoms with Crippen molar-refractivity contribution in [3.8, 4) is 11.5 Å². The van der Waals surface area contributed by atoms with E-state index < -0.39 is 5.60 Å². The summed E-state index contributed by atoms with van der Waals surface area (Å²) < 4.78 is 17.4. The Kier molecular flexibility index (Phi) is 8.84. The Bertz CT molecular complexity index is 898. The molecule has 0 bridgehead atoms. The van der Waals surface area contributed by atoms with Crippen molar-refractivity contribution in [3.63, 3.8) is 0 Å². The number of aliphatic hydroxyl groups is 1. The Hall–Kier alpha value is -2.12. The van der Waals surface area contributed by atoms with Crippen LogP contribution < -0.4 is 9.47 Å². The molecule has 0 aromatic heterocycles. The van der Waals surface area contributed by atoms with Crippen molar-refractivity contribution in [3.05, 3.63) is 59.2 Å². The maximum Gasteiger partial charge on any atom is 0.122 e. The molecule has 2 aliphatic heterocycles. The monoisotopic (exact) mass is 468 g/mol. The molecule has 0 unspecified atom stereocenters. The smallest absolute Gasteiger partial charge is 0.122 e. The minimum absolute atomic E-state index is 0.348. The standard InChI is InChI=1S/C28H40N2O4/c1-23-4-9-27(24(2)20-23)34-22-28(31)10-3-12-30(13-11-28)21-25-5-7-26(8-6-25)33-19-16-29-14-17-32-18-15-29/h4-9,20,31H,3,10-19,21-22H2,1-2H3/t28-/m0/s1. The summed E-state index contributed by atoms with van der Waals surface area (Å²) in [5.74, 6) is 1.79. The molecule has 6 heteroatoms. The predicted octanol–water partition coefficient (Wildman–Crippen LogP) is 3.81. The number of rotatable bonds is 9. The molecule has 34 heavy (non-hydrogen) atoms. The van der Waals surface area contributed by atoms with Gasteiger partial charge in [-0.2, -0.15) is 0 Å². The van der Waals surface area contributed by atoms with Gasteiger partial charge >= 0.3 is 0 Å². The molecule has 2 aromatic rings. The second-order valence-electron chi connectivity index (χ2n) is 9.86. The van der Waals surface area contributed by atoms with Crippen LogP contribution in [-0.2, 0) is 11.3 Å². The largest absolute Gasteiger partial charge is 0.492 e. The van der Waals surface area contributed by atoms with E-state index in [9.17, 15) is 5.11 Å². The van der Waals surface area contributed by atoms with Gasteiger partial charge in [-0.25, -0.2) is 0 Å². The van der Waals surface area contributed by atoms with Gasteiger partial charge in [-0.05, 0) is 69.0 Å². The molecule has 2 fully saturated rings. The second kappa shape index (κ2) is 12.0. The Morgan fingerprint density at radius 1 is 0.912 bits per heavy atom. The lowest BCUT2D eigenvalue weighted by atomic mass is 9.96. The maximum atomic E-state index is 11.2. The molecule has 1 N–H and O–H groups in total. The zero-order valence-corrected chi connectivity index (χ0v) is 20.8. The van der Waals surface area contributed by atoms with Crippen molar-refractivity contribution < 1.29 is 19.3 Å². The van der Waals surface area contributed by atoms with Crippen molar-refractivity contribution in [2.45, 2.75) is 45.3 Å². The fraction of sp³-hybridized carbons (Fsp3) is 0.571. The molecule has 2 aromatic carbocycles. The highest BCUT2D eigenvalue weighted by Crippen LogP contribution is 2.26. The van der Waals surface area contributed by atoms with Crippen LogP contribution in [-0.4, -0.2) is 79.7 Å². The first-order chi connectivity index (χ1) is 16.5. The number of likely N-dealkylation sites (tertiary alicyclic amines) is 1. The van der Waals surface area contributed by atoms with E-state index >= 15 is 0 Å². The van der Waals surface area contributed by atoms with E-state index in [2.05, 4.69) is 60.0 Å². The van der Waals surface area contributed by atoms with E-state index in [1.54, 1.807) is 0 Å². The average molecular weight is 469 g/mol. The summed E-state index contributed by atoms with van der Waals surface area (Å²) in [7, 11) is 0. The minimum atomic E-state index is -0.774. The van der Waals surface area contributed by atoms with Crippen molar-refractivity contribution in [2.24, 2.45) is 0 Å². The number of aryl methyl sites for hydroxylation is 2. The molecule has 0 saturated carbocycles. The van der Waals surface area contributed by atoms with E-state index in [4.69, 9.17) is 14.2 Å². The number of ether oxygens (including phenoxy) is 3. The summed E-state index contributed by atoms with van der Waals surface area (Å²) in [6, 6.07) is 14.6. The summed E-state index contributed by atoms with van der Waals surface area (Å²) in [5, 5.41) is 11.2. The topological polar surface area (TPSA) is 54.4 Å². The van der Waals surface area contributed by atoms with E-state index in [-0.39, 0.29) is 0 Å². The molecule has 0 aliphatic carbocycles. The zero-order chi connectivity index (χ0) is 23.8. The van der Waals surface area contributed by atoms with Gasteiger partial charge in [-0.1, -0.05) is 29.8 Å². The first-order valence-corrected chi connectivity index (χ1v) is 12.7. The zero-order valence-electron chi connectivity index (χ0n) is 20.8. The highest BCUT2D eigenvalue weighted by atomic mass is 16.5. The minimum Gasteiger partial charge on any atom is -0.492 e. The number of morpholine rings is 1. The lowest BCUT2D eigenvalue weighted by Gasteiger charge is -2.27. The average Bonchev–Trinajstić information content (AvgIpc) is 3.02. The Morgan fingerprint density at radius 3 is 2.47 bits per heavy atom. The highest BCUT2D eigenvalue weighted by Gasteiger charge is 2.31. The van der Waals surface area contributed by atoms with E-state index in [0.717, 1.165) is 88.8 Å². The van der Waals surface area contributed by atoms with Gasteiger partial charge < -0.3 is 19.3 Å². The van der Waals surface area contributed by atoms with Gasteiger partial charge in [0.05, 0.1) is 18.8 Å². The third-order valence-corrected chi connectivity index (χ3v) is 6.95. The highest BCUT2D eigenvalue weighted by molar-refractivity contribution is 5.35. The summed E-state index contributed by atoms with van der Waals surface area (Å²) >= 11 is 0. The first-order valence-electron chi connectivity index (χ1n) is 12.7. The molecule has 6 nitrogen and oxygen atoms in total. The van der Waals surface area contributed by atoms with Crippen LogP contribution in [0.25, 0.3) is 0 Å². The van der Waals surface area contributed by atoms with Gasteiger partial charge in [0.1, 0.15) is 24.7 Å².